The normalized spacial score (nSPS) is 29.5. The molecule has 0 radical (unpaired) electrons. The number of hydrogen-bond donors (Lipinski definition) is 0. The molecule has 2 aliphatic rings. The van der Waals surface area contributed by atoms with Crippen LogP contribution in [-0.4, -0.2) is 62.4 Å². The molecule has 1 heterocycles. The second-order valence-electron chi connectivity index (χ2n) is 7.07. The number of rotatable bonds is 7. The zero-order valence-corrected chi connectivity index (χ0v) is 16.4. The van der Waals surface area contributed by atoms with Gasteiger partial charge < -0.3 is 0 Å². The third-order valence-corrected chi connectivity index (χ3v) is 5.98. The molecule has 9 nitrogen and oxygen atoms in total. The summed E-state index contributed by atoms with van der Waals surface area (Å²) >= 11 is 3.24. The lowest BCUT2D eigenvalue weighted by molar-refractivity contribution is -0.623. The average molecular weight is 452 g/mol. The average Bonchev–Trinajstić information content (AvgIpc) is 2.66. The third-order valence-electron chi connectivity index (χ3n) is 5.62. The zero-order chi connectivity index (χ0) is 20.5. The monoisotopic (exact) mass is 451 g/mol. The minimum absolute atomic E-state index is 0.0995. The van der Waals surface area contributed by atoms with E-state index in [1.807, 2.05) is 0 Å². The predicted octanol–water partition coefficient (Wildman–Crippen LogP) is 1.76. The summed E-state index contributed by atoms with van der Waals surface area (Å²) < 4.78 is 0. The van der Waals surface area contributed by atoms with Gasteiger partial charge in [0.15, 0.2) is 5.78 Å². The van der Waals surface area contributed by atoms with Gasteiger partial charge in [0, 0.05) is 33.7 Å². The molecule has 1 aromatic carbocycles. The van der Waals surface area contributed by atoms with E-state index in [2.05, 4.69) is 15.9 Å². The fourth-order valence-corrected chi connectivity index (χ4v) is 4.74. The highest BCUT2D eigenvalue weighted by atomic mass is 79.9. The highest BCUT2D eigenvalue weighted by Gasteiger charge is 2.74. The summed E-state index contributed by atoms with van der Waals surface area (Å²) in [7, 11) is 0. The van der Waals surface area contributed by atoms with Crippen molar-refractivity contribution in [3.05, 3.63) is 68.3 Å². The van der Waals surface area contributed by atoms with Crippen LogP contribution in [0.15, 0.2) is 42.5 Å². The second kappa shape index (κ2) is 7.51. The molecule has 148 valence electrons. The van der Waals surface area contributed by atoms with Crippen LogP contribution in [0.1, 0.15) is 16.8 Å². The Balaban J connectivity index is 2.12. The summed E-state index contributed by atoms with van der Waals surface area (Å²) in [5.74, 6) is -2.64. The summed E-state index contributed by atoms with van der Waals surface area (Å²) in [5.41, 5.74) is -3.81. The van der Waals surface area contributed by atoms with E-state index in [1.54, 1.807) is 35.2 Å². The lowest BCUT2D eigenvalue weighted by atomic mass is 9.60. The predicted molar refractivity (Wildman–Crippen MR) is 103 cm³/mol. The molecular weight excluding hydrogens is 434 g/mol. The topological polar surface area (TPSA) is 124 Å². The van der Waals surface area contributed by atoms with Crippen LogP contribution in [0.25, 0.3) is 0 Å². The van der Waals surface area contributed by atoms with Gasteiger partial charge in [0.2, 0.25) is 5.78 Å². The molecule has 0 aromatic heterocycles. The van der Waals surface area contributed by atoms with Crippen LogP contribution in [0.3, 0.4) is 0 Å². The molecule has 2 bridgehead atoms. The Morgan fingerprint density at radius 3 is 2.43 bits per heavy atom. The van der Waals surface area contributed by atoms with Gasteiger partial charge >= 0.3 is 5.54 Å². The maximum Gasteiger partial charge on any atom is 0.305 e. The summed E-state index contributed by atoms with van der Waals surface area (Å²) in [6, 6.07) is 8.10. The zero-order valence-electron chi connectivity index (χ0n) is 14.8. The highest BCUT2D eigenvalue weighted by molar-refractivity contribution is 9.09. The first-order valence-electron chi connectivity index (χ1n) is 8.67. The molecule has 0 saturated carbocycles. The smallest absolute Gasteiger partial charge is 0.294 e. The van der Waals surface area contributed by atoms with Crippen LogP contribution in [0.2, 0.25) is 0 Å². The standard InChI is InChI=1S/C18H18BrN3O6/c19-8-9-20-11-17(21(25)26)7-6-16(24)18(12-20,22(27)28)15(17)10-14(23)13-4-2-1-3-5-13/h1-7,15H,8-12H2/t15-,17+,18-/m1/s1. The fourth-order valence-electron chi connectivity index (χ4n) is 4.24. The molecule has 3 rings (SSSR count). The Morgan fingerprint density at radius 1 is 1.18 bits per heavy atom. The first-order valence-corrected chi connectivity index (χ1v) is 9.79. The second-order valence-corrected chi connectivity index (χ2v) is 7.87. The van der Waals surface area contributed by atoms with E-state index in [1.165, 1.54) is 0 Å². The number of hydrogen-bond acceptors (Lipinski definition) is 7. The molecule has 1 fully saturated rings. The number of benzene rings is 1. The van der Waals surface area contributed by atoms with Crippen molar-refractivity contribution >= 4 is 27.5 Å². The molecule has 1 aliphatic carbocycles. The quantitative estimate of drug-likeness (QED) is 0.267. The third kappa shape index (κ3) is 3.06. The summed E-state index contributed by atoms with van der Waals surface area (Å²) in [6.45, 7) is -0.0551. The lowest BCUT2D eigenvalue weighted by Crippen LogP contribution is -2.75. The van der Waals surface area contributed by atoms with Crippen molar-refractivity contribution in [2.75, 3.05) is 25.0 Å². The van der Waals surface area contributed by atoms with Gasteiger partial charge in [0.05, 0.1) is 13.1 Å². The van der Waals surface area contributed by atoms with Crippen molar-refractivity contribution in [3.8, 4) is 0 Å². The minimum Gasteiger partial charge on any atom is -0.294 e. The van der Waals surface area contributed by atoms with Gasteiger partial charge in [0.1, 0.15) is 5.92 Å². The number of fused-ring (bicyclic) bond motifs is 2. The number of piperidine rings is 1. The van der Waals surface area contributed by atoms with Crippen molar-refractivity contribution < 1.29 is 19.4 Å². The first-order chi connectivity index (χ1) is 13.3. The number of nitro groups is 2. The maximum absolute atomic E-state index is 12.8. The maximum atomic E-state index is 12.8. The van der Waals surface area contributed by atoms with Crippen molar-refractivity contribution in [3.63, 3.8) is 0 Å². The number of Topliss-reactive ketones (excluding diaryl/α,β-unsaturated/α-hetero) is 1. The fraction of sp³-hybridized carbons (Fsp3) is 0.444. The molecule has 10 heteroatoms. The van der Waals surface area contributed by atoms with Gasteiger partial charge in [-0.3, -0.25) is 34.7 Å². The van der Waals surface area contributed by atoms with Gasteiger partial charge in [0.25, 0.3) is 5.54 Å². The van der Waals surface area contributed by atoms with Gasteiger partial charge in [-0.25, -0.2) is 0 Å². The summed E-state index contributed by atoms with van der Waals surface area (Å²) in [5, 5.41) is 24.7. The Labute approximate surface area is 168 Å². The SMILES string of the molecule is O=C(C[C@@H]1[C@]2([N+](=O)[O-])C=CC(=O)[C@@]1([N+](=O)[O-])CN(CCBr)C2)c1ccccc1. The van der Waals surface area contributed by atoms with E-state index in [-0.39, 0.29) is 13.1 Å². The van der Waals surface area contributed by atoms with Crippen LogP contribution in [0.5, 0.6) is 0 Å². The number of likely N-dealkylation sites (tertiary alicyclic amines) is 1. The van der Waals surface area contributed by atoms with E-state index < -0.39 is 44.8 Å². The molecule has 0 amide bonds. The van der Waals surface area contributed by atoms with Gasteiger partial charge in [-0.1, -0.05) is 46.3 Å². The molecule has 3 atom stereocenters. The first kappa shape index (κ1) is 20.3. The van der Waals surface area contributed by atoms with E-state index in [9.17, 15) is 29.8 Å². The Hall–Kier alpha value is -2.46. The van der Waals surface area contributed by atoms with Crippen molar-refractivity contribution in [1.29, 1.82) is 0 Å². The largest absolute Gasteiger partial charge is 0.305 e. The van der Waals surface area contributed by atoms with Crippen LogP contribution < -0.4 is 0 Å². The molecule has 0 N–H and O–H groups in total. The number of alkyl halides is 1. The van der Waals surface area contributed by atoms with Crippen LogP contribution in [0.4, 0.5) is 0 Å². The molecule has 0 spiro atoms. The molecular formula is C18H18BrN3O6. The van der Waals surface area contributed by atoms with Crippen LogP contribution >= 0.6 is 15.9 Å². The lowest BCUT2D eigenvalue weighted by Gasteiger charge is -2.48. The van der Waals surface area contributed by atoms with Gasteiger partial charge in [-0.2, -0.15) is 0 Å². The summed E-state index contributed by atoms with van der Waals surface area (Å²) in [4.78, 5) is 49.9. The molecule has 1 aromatic rings. The molecule has 1 saturated heterocycles. The highest BCUT2D eigenvalue weighted by Crippen LogP contribution is 2.46. The van der Waals surface area contributed by atoms with Gasteiger partial charge in [-0.15, -0.1) is 0 Å². The summed E-state index contributed by atoms with van der Waals surface area (Å²) in [6.07, 6.45) is 1.63. The van der Waals surface area contributed by atoms with Crippen molar-refractivity contribution in [1.82, 2.24) is 4.90 Å². The van der Waals surface area contributed by atoms with Crippen LogP contribution in [0, 0.1) is 26.1 Å². The number of ketones is 2. The van der Waals surface area contributed by atoms with Crippen molar-refractivity contribution in [2.24, 2.45) is 5.92 Å². The Kier molecular flexibility index (Phi) is 5.44. The van der Waals surface area contributed by atoms with E-state index in [0.29, 0.717) is 17.4 Å². The number of carbonyl (C=O) groups excluding carboxylic acids is 2. The molecule has 1 aliphatic heterocycles. The molecule has 28 heavy (non-hydrogen) atoms. The van der Waals surface area contributed by atoms with E-state index in [0.717, 1.165) is 12.2 Å². The number of carbonyl (C=O) groups is 2. The number of nitrogens with zero attached hydrogens (tertiary/aromatic N) is 3. The van der Waals surface area contributed by atoms with E-state index >= 15 is 0 Å². The van der Waals surface area contributed by atoms with Gasteiger partial charge in [-0.05, 0) is 12.2 Å². The van der Waals surface area contributed by atoms with Crippen molar-refractivity contribution in [2.45, 2.75) is 17.5 Å². The van der Waals surface area contributed by atoms with Crippen LogP contribution in [-0.2, 0) is 4.79 Å². The Bertz CT molecular complexity index is 860. The molecule has 0 unspecified atom stereocenters. The Morgan fingerprint density at radius 2 is 1.86 bits per heavy atom. The minimum atomic E-state index is -2.23. The van der Waals surface area contributed by atoms with E-state index in [4.69, 9.17) is 0 Å². The number of halogens is 1.